The van der Waals surface area contributed by atoms with Crippen LogP contribution in [0.5, 0.6) is 5.75 Å². The van der Waals surface area contributed by atoms with Crippen LogP contribution < -0.4 is 10.2 Å². The standard InChI is InChI=1S/C12H11BN2O3/c1-2-18-12-4-3-11(13(16)17)6-10(12)5-9(7-14)8-15/h3-6,16-17H,2H2,1H3. The summed E-state index contributed by atoms with van der Waals surface area (Å²) in [5.41, 5.74) is 0.640. The minimum Gasteiger partial charge on any atom is -0.493 e. The van der Waals surface area contributed by atoms with Crippen molar-refractivity contribution in [3.05, 3.63) is 29.3 Å². The molecule has 1 aromatic rings. The van der Waals surface area contributed by atoms with E-state index in [0.29, 0.717) is 17.9 Å². The van der Waals surface area contributed by atoms with Crippen LogP contribution >= 0.6 is 0 Å². The quantitative estimate of drug-likeness (QED) is 0.580. The lowest BCUT2D eigenvalue weighted by molar-refractivity contribution is 0.339. The molecule has 90 valence electrons. The average molecular weight is 242 g/mol. The predicted molar refractivity (Wildman–Crippen MR) is 66.6 cm³/mol. The van der Waals surface area contributed by atoms with Gasteiger partial charge < -0.3 is 14.8 Å². The number of hydrogen-bond acceptors (Lipinski definition) is 5. The predicted octanol–water partition coefficient (Wildman–Crippen LogP) is 0.196. The van der Waals surface area contributed by atoms with Gasteiger partial charge in [-0.3, -0.25) is 0 Å². The van der Waals surface area contributed by atoms with Gasteiger partial charge in [-0.15, -0.1) is 0 Å². The topological polar surface area (TPSA) is 97.3 Å². The Morgan fingerprint density at radius 2 is 2.06 bits per heavy atom. The van der Waals surface area contributed by atoms with Crippen molar-refractivity contribution in [3.63, 3.8) is 0 Å². The Balaban J connectivity index is 3.29. The molecule has 1 aromatic carbocycles. The summed E-state index contributed by atoms with van der Waals surface area (Å²) < 4.78 is 5.33. The van der Waals surface area contributed by atoms with Crippen LogP contribution in [0.3, 0.4) is 0 Å². The summed E-state index contributed by atoms with van der Waals surface area (Å²) in [7, 11) is -1.61. The third-order valence-corrected chi connectivity index (χ3v) is 2.17. The van der Waals surface area contributed by atoms with E-state index in [1.165, 1.54) is 18.2 Å². The van der Waals surface area contributed by atoms with E-state index in [-0.39, 0.29) is 11.0 Å². The molecule has 0 radical (unpaired) electrons. The van der Waals surface area contributed by atoms with Gasteiger partial charge in [-0.25, -0.2) is 0 Å². The Morgan fingerprint density at radius 1 is 1.39 bits per heavy atom. The Bertz CT molecular complexity index is 525. The van der Waals surface area contributed by atoms with Crippen molar-refractivity contribution in [2.75, 3.05) is 6.61 Å². The fourth-order valence-electron chi connectivity index (χ4n) is 1.37. The molecule has 6 heteroatoms. The maximum atomic E-state index is 9.08. The Kier molecular flexibility index (Phi) is 4.95. The Labute approximate surface area is 105 Å². The molecule has 0 atom stereocenters. The fraction of sp³-hybridized carbons (Fsp3) is 0.167. The van der Waals surface area contributed by atoms with Crippen LogP contribution in [-0.4, -0.2) is 23.8 Å². The minimum absolute atomic E-state index is 0.0828. The van der Waals surface area contributed by atoms with Crippen LogP contribution in [0.2, 0.25) is 0 Å². The summed E-state index contributed by atoms with van der Waals surface area (Å²) in [6.07, 6.45) is 1.34. The molecule has 0 amide bonds. The highest BCUT2D eigenvalue weighted by atomic mass is 16.5. The molecule has 0 aliphatic carbocycles. The van der Waals surface area contributed by atoms with E-state index in [1.807, 2.05) is 0 Å². The lowest BCUT2D eigenvalue weighted by Gasteiger charge is -2.09. The third kappa shape index (κ3) is 3.36. The molecule has 1 rings (SSSR count). The molecule has 0 spiro atoms. The van der Waals surface area contributed by atoms with Crippen LogP contribution in [0.15, 0.2) is 23.8 Å². The Hall–Kier alpha value is -2.28. The van der Waals surface area contributed by atoms with Crippen LogP contribution in [-0.2, 0) is 0 Å². The van der Waals surface area contributed by atoms with Gasteiger partial charge in [-0.05, 0) is 24.5 Å². The summed E-state index contributed by atoms with van der Waals surface area (Å²) >= 11 is 0. The lowest BCUT2D eigenvalue weighted by atomic mass is 9.79. The van der Waals surface area contributed by atoms with Gasteiger partial charge in [0.1, 0.15) is 23.5 Å². The molecule has 0 aliphatic heterocycles. The highest BCUT2D eigenvalue weighted by Gasteiger charge is 2.13. The average Bonchev–Trinajstić information content (AvgIpc) is 2.37. The molecular weight excluding hydrogens is 231 g/mol. The highest BCUT2D eigenvalue weighted by molar-refractivity contribution is 6.58. The molecular formula is C12H11BN2O3. The van der Waals surface area contributed by atoms with E-state index < -0.39 is 7.12 Å². The molecule has 2 N–H and O–H groups in total. The largest absolute Gasteiger partial charge is 0.493 e. The summed E-state index contributed by atoms with van der Waals surface area (Å²) in [4.78, 5) is 0. The highest BCUT2D eigenvalue weighted by Crippen LogP contribution is 2.20. The molecule has 0 aromatic heterocycles. The van der Waals surface area contributed by atoms with Gasteiger partial charge >= 0.3 is 7.12 Å². The first kappa shape index (κ1) is 13.8. The maximum Gasteiger partial charge on any atom is 0.488 e. The lowest BCUT2D eigenvalue weighted by Crippen LogP contribution is -2.29. The summed E-state index contributed by atoms with van der Waals surface area (Å²) in [5.74, 6) is 0.477. The zero-order valence-electron chi connectivity index (χ0n) is 9.79. The molecule has 0 heterocycles. The van der Waals surface area contributed by atoms with E-state index in [2.05, 4.69) is 0 Å². The number of ether oxygens (including phenoxy) is 1. The van der Waals surface area contributed by atoms with Crippen molar-refractivity contribution in [2.24, 2.45) is 0 Å². The van der Waals surface area contributed by atoms with Gasteiger partial charge in [0.15, 0.2) is 0 Å². The van der Waals surface area contributed by atoms with E-state index in [1.54, 1.807) is 25.1 Å². The molecule has 0 saturated carbocycles. The third-order valence-electron chi connectivity index (χ3n) is 2.17. The van der Waals surface area contributed by atoms with Crippen molar-refractivity contribution in [3.8, 4) is 17.9 Å². The minimum atomic E-state index is -1.61. The SMILES string of the molecule is CCOc1ccc(B(O)O)cc1C=C(C#N)C#N. The number of allylic oxidation sites excluding steroid dienone is 1. The van der Waals surface area contributed by atoms with Crippen molar-refractivity contribution >= 4 is 18.7 Å². The molecule has 0 saturated heterocycles. The first-order valence-electron chi connectivity index (χ1n) is 5.27. The van der Waals surface area contributed by atoms with Gasteiger partial charge in [0.2, 0.25) is 0 Å². The number of rotatable bonds is 4. The Morgan fingerprint density at radius 3 is 2.56 bits per heavy atom. The monoisotopic (exact) mass is 242 g/mol. The second-order valence-electron chi connectivity index (χ2n) is 3.39. The maximum absolute atomic E-state index is 9.08. The van der Waals surface area contributed by atoms with Gasteiger partial charge in [-0.1, -0.05) is 12.1 Å². The zero-order chi connectivity index (χ0) is 13.5. The summed E-state index contributed by atoms with van der Waals surface area (Å²) in [5, 5.41) is 35.6. The first-order chi connectivity index (χ1) is 8.62. The van der Waals surface area contributed by atoms with Crippen LogP contribution in [0.25, 0.3) is 6.08 Å². The molecule has 5 nitrogen and oxygen atoms in total. The molecule has 0 aliphatic rings. The van der Waals surface area contributed by atoms with Gasteiger partial charge in [0, 0.05) is 5.56 Å². The molecule has 0 bridgehead atoms. The van der Waals surface area contributed by atoms with Gasteiger partial charge in [0.05, 0.1) is 6.61 Å². The second kappa shape index (κ2) is 6.46. The van der Waals surface area contributed by atoms with Crippen LogP contribution in [0.1, 0.15) is 12.5 Å². The molecule has 0 unspecified atom stereocenters. The van der Waals surface area contributed by atoms with Gasteiger partial charge in [-0.2, -0.15) is 10.5 Å². The zero-order valence-corrected chi connectivity index (χ0v) is 9.79. The first-order valence-corrected chi connectivity index (χ1v) is 5.27. The smallest absolute Gasteiger partial charge is 0.488 e. The fourth-order valence-corrected chi connectivity index (χ4v) is 1.37. The van der Waals surface area contributed by atoms with E-state index >= 15 is 0 Å². The van der Waals surface area contributed by atoms with Crippen molar-refractivity contribution < 1.29 is 14.8 Å². The normalized spacial score (nSPS) is 8.94. The summed E-state index contributed by atoms with van der Waals surface area (Å²) in [6.45, 7) is 2.23. The number of hydrogen-bond donors (Lipinski definition) is 2. The van der Waals surface area contributed by atoms with E-state index in [9.17, 15) is 0 Å². The van der Waals surface area contributed by atoms with Crippen molar-refractivity contribution in [1.29, 1.82) is 10.5 Å². The van der Waals surface area contributed by atoms with Crippen molar-refractivity contribution in [1.82, 2.24) is 0 Å². The second-order valence-corrected chi connectivity index (χ2v) is 3.39. The number of nitrogens with zero attached hydrogens (tertiary/aromatic N) is 2. The van der Waals surface area contributed by atoms with Crippen LogP contribution in [0, 0.1) is 22.7 Å². The number of nitriles is 2. The van der Waals surface area contributed by atoms with Gasteiger partial charge in [0.25, 0.3) is 0 Å². The van der Waals surface area contributed by atoms with E-state index in [4.69, 9.17) is 25.3 Å². The number of benzene rings is 1. The summed E-state index contributed by atoms with van der Waals surface area (Å²) in [6, 6.07) is 8.01. The van der Waals surface area contributed by atoms with Crippen LogP contribution in [0.4, 0.5) is 0 Å². The molecule has 0 fully saturated rings. The van der Waals surface area contributed by atoms with Crippen molar-refractivity contribution in [2.45, 2.75) is 6.92 Å². The molecule has 18 heavy (non-hydrogen) atoms. The van der Waals surface area contributed by atoms with E-state index in [0.717, 1.165) is 0 Å².